The molecule has 0 bridgehead atoms. The summed E-state index contributed by atoms with van der Waals surface area (Å²) < 4.78 is 0. The zero-order valence-corrected chi connectivity index (χ0v) is 19.3. The number of anilines is 1. The monoisotopic (exact) mass is 444 g/mol. The Morgan fingerprint density at radius 3 is 2.36 bits per heavy atom. The molecule has 2 aromatic carbocycles. The van der Waals surface area contributed by atoms with Gasteiger partial charge in [-0.25, -0.2) is 4.98 Å². The van der Waals surface area contributed by atoms with Crippen LogP contribution in [0.3, 0.4) is 0 Å². The van der Waals surface area contributed by atoms with E-state index in [2.05, 4.69) is 28.2 Å². The number of fused-ring (bicyclic) bond motifs is 1. The number of carbonyl (C=O) groups is 2. The number of rotatable bonds is 8. The van der Waals surface area contributed by atoms with Crippen LogP contribution < -0.4 is 10.2 Å². The van der Waals surface area contributed by atoms with Crippen LogP contribution in [-0.4, -0.2) is 54.4 Å². The molecule has 6 heteroatoms. The van der Waals surface area contributed by atoms with Gasteiger partial charge in [0.2, 0.25) is 0 Å². The molecule has 0 unspecified atom stereocenters. The Balaban J connectivity index is 1.29. The maximum atomic E-state index is 13.0. The third kappa shape index (κ3) is 5.69. The normalized spacial score (nSPS) is 13.8. The van der Waals surface area contributed by atoms with Crippen molar-refractivity contribution < 1.29 is 9.59 Å². The van der Waals surface area contributed by atoms with Crippen molar-refractivity contribution in [1.29, 1.82) is 0 Å². The number of aromatic nitrogens is 1. The van der Waals surface area contributed by atoms with Gasteiger partial charge in [0, 0.05) is 44.5 Å². The molecule has 1 fully saturated rings. The van der Waals surface area contributed by atoms with Crippen LogP contribution in [0.1, 0.15) is 53.3 Å². The molecule has 172 valence electrons. The lowest BCUT2D eigenvalue weighted by Crippen LogP contribution is -2.49. The summed E-state index contributed by atoms with van der Waals surface area (Å²) in [6, 6.07) is 17.7. The van der Waals surface area contributed by atoms with Crippen LogP contribution in [0.2, 0.25) is 0 Å². The number of pyridine rings is 1. The van der Waals surface area contributed by atoms with E-state index in [1.54, 1.807) is 6.20 Å². The van der Waals surface area contributed by atoms with E-state index in [4.69, 9.17) is 0 Å². The summed E-state index contributed by atoms with van der Waals surface area (Å²) in [5.41, 5.74) is 1.31. The fourth-order valence-corrected chi connectivity index (χ4v) is 4.21. The number of unbranched alkanes of at least 4 members (excludes halogenated alkanes) is 3. The molecule has 0 radical (unpaired) electrons. The molecule has 3 aromatic rings. The topological polar surface area (TPSA) is 65.5 Å². The second-order valence-electron chi connectivity index (χ2n) is 8.56. The summed E-state index contributed by atoms with van der Waals surface area (Å²) in [5.74, 6) is 0.836. The molecule has 1 N–H and O–H groups in total. The Labute approximate surface area is 195 Å². The van der Waals surface area contributed by atoms with Crippen molar-refractivity contribution in [2.75, 3.05) is 37.6 Å². The zero-order chi connectivity index (χ0) is 23.0. The van der Waals surface area contributed by atoms with Crippen LogP contribution in [-0.2, 0) is 0 Å². The minimum atomic E-state index is -0.0728. The fourth-order valence-electron chi connectivity index (χ4n) is 4.21. The minimum Gasteiger partial charge on any atom is -0.353 e. The van der Waals surface area contributed by atoms with Crippen LogP contribution in [0.15, 0.2) is 60.8 Å². The highest BCUT2D eigenvalue weighted by atomic mass is 16.2. The summed E-state index contributed by atoms with van der Waals surface area (Å²) in [7, 11) is 0. The Morgan fingerprint density at radius 1 is 0.879 bits per heavy atom. The molecule has 1 aliphatic heterocycles. The molecule has 2 heterocycles. The maximum absolute atomic E-state index is 13.0. The molecule has 0 saturated carbocycles. The number of nitrogens with zero attached hydrogens (tertiary/aromatic N) is 3. The molecule has 0 atom stereocenters. The SMILES string of the molecule is CCCCCCNC(=O)c1ccc(N2CCN(C(=O)c3ccc4ccccc4c3)CC2)nc1. The predicted octanol–water partition coefficient (Wildman–Crippen LogP) is 4.51. The standard InChI is InChI=1S/C27H32N4O2/c1-2-3-4-7-14-28-26(32)24-12-13-25(29-20-24)30-15-17-31(18-16-30)27(33)23-11-10-21-8-5-6-9-22(21)19-23/h5-6,8-13,19-20H,2-4,7,14-18H2,1H3,(H,28,32). The van der Waals surface area contributed by atoms with E-state index < -0.39 is 0 Å². The van der Waals surface area contributed by atoms with Crippen molar-refractivity contribution in [3.8, 4) is 0 Å². The van der Waals surface area contributed by atoms with E-state index in [1.807, 2.05) is 53.4 Å². The third-order valence-electron chi connectivity index (χ3n) is 6.21. The zero-order valence-electron chi connectivity index (χ0n) is 19.3. The number of hydrogen-bond donors (Lipinski definition) is 1. The van der Waals surface area contributed by atoms with E-state index in [0.717, 1.165) is 48.1 Å². The van der Waals surface area contributed by atoms with Crippen LogP contribution in [0.25, 0.3) is 10.8 Å². The number of amides is 2. The first-order valence-electron chi connectivity index (χ1n) is 11.9. The lowest BCUT2D eigenvalue weighted by Gasteiger charge is -2.35. The van der Waals surface area contributed by atoms with Crippen molar-refractivity contribution in [3.05, 3.63) is 71.9 Å². The first-order valence-corrected chi connectivity index (χ1v) is 11.9. The summed E-state index contributed by atoms with van der Waals surface area (Å²) in [5, 5.41) is 5.18. The third-order valence-corrected chi connectivity index (χ3v) is 6.21. The van der Waals surface area contributed by atoms with Gasteiger partial charge in [-0.2, -0.15) is 0 Å². The highest BCUT2D eigenvalue weighted by Gasteiger charge is 2.23. The molecule has 2 amide bonds. The van der Waals surface area contributed by atoms with Gasteiger partial charge >= 0.3 is 0 Å². The highest BCUT2D eigenvalue weighted by molar-refractivity contribution is 5.98. The van der Waals surface area contributed by atoms with Crippen molar-refractivity contribution in [3.63, 3.8) is 0 Å². The molecule has 1 saturated heterocycles. The summed E-state index contributed by atoms with van der Waals surface area (Å²) in [4.78, 5) is 33.9. The molecule has 33 heavy (non-hydrogen) atoms. The quantitative estimate of drug-likeness (QED) is 0.519. The van der Waals surface area contributed by atoms with Gasteiger partial charge in [-0.05, 0) is 41.5 Å². The van der Waals surface area contributed by atoms with Crippen LogP contribution in [0, 0.1) is 0 Å². The van der Waals surface area contributed by atoms with E-state index in [1.165, 1.54) is 12.8 Å². The van der Waals surface area contributed by atoms with E-state index in [0.29, 0.717) is 25.2 Å². The Hall–Kier alpha value is -3.41. The maximum Gasteiger partial charge on any atom is 0.253 e. The smallest absolute Gasteiger partial charge is 0.253 e. The lowest BCUT2D eigenvalue weighted by atomic mass is 10.1. The van der Waals surface area contributed by atoms with Crippen LogP contribution in [0.4, 0.5) is 5.82 Å². The molecule has 1 aliphatic rings. The Kier molecular flexibility index (Phi) is 7.55. The van der Waals surface area contributed by atoms with E-state index >= 15 is 0 Å². The van der Waals surface area contributed by atoms with Crippen molar-refractivity contribution in [2.45, 2.75) is 32.6 Å². The van der Waals surface area contributed by atoms with Gasteiger partial charge in [-0.1, -0.05) is 56.5 Å². The molecule has 6 nitrogen and oxygen atoms in total. The first-order chi connectivity index (χ1) is 16.2. The van der Waals surface area contributed by atoms with Gasteiger partial charge < -0.3 is 15.1 Å². The van der Waals surface area contributed by atoms with Gasteiger partial charge in [0.05, 0.1) is 5.56 Å². The van der Waals surface area contributed by atoms with Crippen LogP contribution in [0.5, 0.6) is 0 Å². The molecule has 1 aromatic heterocycles. The highest BCUT2D eigenvalue weighted by Crippen LogP contribution is 2.19. The van der Waals surface area contributed by atoms with Crippen molar-refractivity contribution in [2.24, 2.45) is 0 Å². The second kappa shape index (κ2) is 10.9. The van der Waals surface area contributed by atoms with Crippen LogP contribution >= 0.6 is 0 Å². The summed E-state index contributed by atoms with van der Waals surface area (Å²) in [6.45, 7) is 5.60. The number of benzene rings is 2. The number of piperazine rings is 1. The number of hydrogen-bond acceptors (Lipinski definition) is 4. The summed E-state index contributed by atoms with van der Waals surface area (Å²) in [6.07, 6.45) is 6.18. The van der Waals surface area contributed by atoms with Gasteiger partial charge in [0.15, 0.2) is 0 Å². The molecular weight excluding hydrogens is 412 g/mol. The molecule has 0 aliphatic carbocycles. The van der Waals surface area contributed by atoms with E-state index in [-0.39, 0.29) is 11.8 Å². The van der Waals surface area contributed by atoms with Gasteiger partial charge in [-0.3, -0.25) is 9.59 Å². The van der Waals surface area contributed by atoms with Gasteiger partial charge in [0.25, 0.3) is 11.8 Å². The second-order valence-corrected chi connectivity index (χ2v) is 8.56. The number of carbonyl (C=O) groups excluding carboxylic acids is 2. The summed E-state index contributed by atoms with van der Waals surface area (Å²) >= 11 is 0. The average Bonchev–Trinajstić information content (AvgIpc) is 2.88. The molecule has 4 rings (SSSR count). The average molecular weight is 445 g/mol. The predicted molar refractivity (Wildman–Crippen MR) is 133 cm³/mol. The first kappa shape index (κ1) is 22.8. The minimum absolute atomic E-state index is 0.0688. The largest absolute Gasteiger partial charge is 0.353 e. The fraction of sp³-hybridized carbons (Fsp3) is 0.370. The van der Waals surface area contributed by atoms with Crippen molar-refractivity contribution in [1.82, 2.24) is 15.2 Å². The van der Waals surface area contributed by atoms with Gasteiger partial charge in [-0.15, -0.1) is 0 Å². The Morgan fingerprint density at radius 2 is 1.64 bits per heavy atom. The Bertz CT molecular complexity index is 1090. The molecule has 0 spiro atoms. The lowest BCUT2D eigenvalue weighted by molar-refractivity contribution is 0.0746. The van der Waals surface area contributed by atoms with Crippen molar-refractivity contribution >= 4 is 28.4 Å². The van der Waals surface area contributed by atoms with E-state index in [9.17, 15) is 9.59 Å². The number of nitrogens with one attached hydrogen (secondary N) is 1. The van der Waals surface area contributed by atoms with Gasteiger partial charge in [0.1, 0.15) is 5.82 Å². The molecular formula is C27H32N4O2.